The molecule has 0 aliphatic heterocycles. The maximum absolute atomic E-state index is 4.50. The number of aromatic amines is 1. The first-order chi connectivity index (χ1) is 7.24. The van der Waals surface area contributed by atoms with E-state index < -0.39 is 0 Å². The highest BCUT2D eigenvalue weighted by Gasteiger charge is 2.27. The predicted octanol–water partition coefficient (Wildman–Crippen LogP) is 3.94. The normalized spacial score (nSPS) is 15.9. The first-order valence-electron chi connectivity index (χ1n) is 4.61. The van der Waals surface area contributed by atoms with Crippen molar-refractivity contribution >= 4 is 43.2 Å². The Morgan fingerprint density at radius 2 is 2.20 bits per heavy atom. The third-order valence-corrected chi connectivity index (χ3v) is 5.58. The molecule has 1 saturated carbocycles. The van der Waals surface area contributed by atoms with Gasteiger partial charge >= 0.3 is 0 Å². The monoisotopic (exact) mass is 347 g/mol. The molecule has 0 spiro atoms. The molecular formula is C9H7Br2N3S. The lowest BCUT2D eigenvalue weighted by atomic mass is 10.4. The maximum atomic E-state index is 4.50. The molecule has 0 bridgehead atoms. The van der Waals surface area contributed by atoms with Crippen LogP contribution >= 0.6 is 43.2 Å². The van der Waals surface area contributed by atoms with Crippen molar-refractivity contribution in [1.29, 1.82) is 0 Å². The summed E-state index contributed by atoms with van der Waals surface area (Å²) in [5, 5.41) is 7.24. The molecule has 0 radical (unpaired) electrons. The number of thiophene rings is 1. The SMILES string of the molecule is Brc1cc(-c2n[nH]c(C3CC3)n2)sc1Br. The van der Waals surface area contributed by atoms with Crippen LogP contribution in [0.25, 0.3) is 10.7 Å². The number of hydrogen-bond acceptors (Lipinski definition) is 3. The standard InChI is InChI=1S/C9H7Br2N3S/c10-5-3-6(15-7(5)11)9-12-8(13-14-9)4-1-2-4/h3-4H,1-2H2,(H,12,13,14). The van der Waals surface area contributed by atoms with Gasteiger partial charge in [-0.1, -0.05) is 0 Å². The van der Waals surface area contributed by atoms with E-state index in [1.165, 1.54) is 12.8 Å². The van der Waals surface area contributed by atoms with E-state index in [0.717, 1.165) is 24.8 Å². The summed E-state index contributed by atoms with van der Waals surface area (Å²) in [6, 6.07) is 2.04. The molecule has 0 saturated heterocycles. The highest BCUT2D eigenvalue weighted by Crippen LogP contribution is 2.40. The molecule has 3 nitrogen and oxygen atoms in total. The van der Waals surface area contributed by atoms with E-state index in [9.17, 15) is 0 Å². The Kier molecular flexibility index (Phi) is 2.45. The van der Waals surface area contributed by atoms with E-state index in [-0.39, 0.29) is 0 Å². The van der Waals surface area contributed by atoms with Crippen LogP contribution in [0.2, 0.25) is 0 Å². The van der Waals surface area contributed by atoms with Crippen LogP contribution in [-0.4, -0.2) is 15.2 Å². The van der Waals surface area contributed by atoms with Gasteiger partial charge in [0.25, 0.3) is 0 Å². The molecule has 0 unspecified atom stereocenters. The van der Waals surface area contributed by atoms with Gasteiger partial charge in [-0.25, -0.2) is 4.98 Å². The van der Waals surface area contributed by atoms with Gasteiger partial charge in [-0.2, -0.15) is 5.10 Å². The van der Waals surface area contributed by atoms with Gasteiger partial charge in [0, 0.05) is 10.4 Å². The summed E-state index contributed by atoms with van der Waals surface area (Å²) in [5.74, 6) is 2.46. The van der Waals surface area contributed by atoms with Crippen LogP contribution < -0.4 is 0 Å². The van der Waals surface area contributed by atoms with Crippen LogP contribution in [0.3, 0.4) is 0 Å². The van der Waals surface area contributed by atoms with Gasteiger partial charge in [-0.15, -0.1) is 11.3 Å². The van der Waals surface area contributed by atoms with Gasteiger partial charge in [0.15, 0.2) is 5.82 Å². The smallest absolute Gasteiger partial charge is 0.191 e. The molecule has 2 aromatic heterocycles. The van der Waals surface area contributed by atoms with Crippen LogP contribution in [0.5, 0.6) is 0 Å². The second-order valence-electron chi connectivity index (χ2n) is 3.55. The van der Waals surface area contributed by atoms with Crippen LogP contribution in [-0.2, 0) is 0 Å². The van der Waals surface area contributed by atoms with Crippen molar-refractivity contribution in [2.24, 2.45) is 0 Å². The number of nitrogens with zero attached hydrogens (tertiary/aromatic N) is 2. The summed E-state index contributed by atoms with van der Waals surface area (Å²) < 4.78 is 2.13. The van der Waals surface area contributed by atoms with Gasteiger partial charge in [-0.05, 0) is 50.8 Å². The minimum Gasteiger partial charge on any atom is -0.262 e. The third kappa shape index (κ3) is 1.90. The number of hydrogen-bond donors (Lipinski definition) is 1. The Morgan fingerprint density at radius 3 is 2.80 bits per heavy atom. The summed E-state index contributed by atoms with van der Waals surface area (Å²) in [5.41, 5.74) is 0. The molecule has 3 rings (SSSR count). The second kappa shape index (κ2) is 3.68. The zero-order valence-corrected chi connectivity index (χ0v) is 11.6. The van der Waals surface area contributed by atoms with Crippen molar-refractivity contribution in [2.75, 3.05) is 0 Å². The fraction of sp³-hybridized carbons (Fsp3) is 0.333. The Bertz CT molecular complexity index is 482. The molecule has 0 atom stereocenters. The molecule has 2 heterocycles. The molecule has 0 amide bonds. The van der Waals surface area contributed by atoms with Crippen LogP contribution in [0.15, 0.2) is 14.3 Å². The quantitative estimate of drug-likeness (QED) is 0.893. The lowest BCUT2D eigenvalue weighted by molar-refractivity contribution is 0.935. The second-order valence-corrected chi connectivity index (χ2v) is 6.78. The summed E-state index contributed by atoms with van der Waals surface area (Å²) >= 11 is 8.56. The van der Waals surface area contributed by atoms with Gasteiger partial charge in [0.1, 0.15) is 5.82 Å². The lowest BCUT2D eigenvalue weighted by Crippen LogP contribution is -1.80. The third-order valence-electron chi connectivity index (χ3n) is 2.33. The highest BCUT2D eigenvalue weighted by atomic mass is 79.9. The summed E-state index contributed by atoms with van der Waals surface area (Å²) in [6.07, 6.45) is 2.49. The Balaban J connectivity index is 1.97. The number of nitrogens with one attached hydrogen (secondary N) is 1. The molecule has 6 heteroatoms. The van der Waals surface area contributed by atoms with E-state index >= 15 is 0 Å². The molecule has 15 heavy (non-hydrogen) atoms. The van der Waals surface area contributed by atoms with Gasteiger partial charge < -0.3 is 0 Å². The van der Waals surface area contributed by atoms with E-state index in [4.69, 9.17) is 0 Å². The largest absolute Gasteiger partial charge is 0.262 e. The van der Waals surface area contributed by atoms with Crippen molar-refractivity contribution in [1.82, 2.24) is 15.2 Å². The minimum atomic E-state index is 0.623. The number of H-pyrrole nitrogens is 1. The Morgan fingerprint density at radius 1 is 1.40 bits per heavy atom. The zero-order valence-electron chi connectivity index (χ0n) is 7.63. The van der Waals surface area contributed by atoms with Crippen molar-refractivity contribution in [3.05, 3.63) is 20.1 Å². The van der Waals surface area contributed by atoms with Crippen molar-refractivity contribution in [3.63, 3.8) is 0 Å². The molecule has 1 aliphatic rings. The molecule has 2 aromatic rings. The predicted molar refractivity (Wildman–Crippen MR) is 67.1 cm³/mol. The summed E-state index contributed by atoms with van der Waals surface area (Å²) in [4.78, 5) is 5.58. The van der Waals surface area contributed by atoms with Crippen LogP contribution in [0.4, 0.5) is 0 Å². The maximum Gasteiger partial charge on any atom is 0.191 e. The minimum absolute atomic E-state index is 0.623. The molecule has 1 aliphatic carbocycles. The number of rotatable bonds is 2. The van der Waals surface area contributed by atoms with Crippen molar-refractivity contribution < 1.29 is 0 Å². The Labute approximate surface area is 108 Å². The van der Waals surface area contributed by atoms with Gasteiger partial charge in [-0.3, -0.25) is 5.10 Å². The number of halogens is 2. The summed E-state index contributed by atoms with van der Waals surface area (Å²) in [6.45, 7) is 0. The zero-order chi connectivity index (χ0) is 10.4. The highest BCUT2D eigenvalue weighted by molar-refractivity contribution is 9.13. The summed E-state index contributed by atoms with van der Waals surface area (Å²) in [7, 11) is 0. The number of aromatic nitrogens is 3. The topological polar surface area (TPSA) is 41.6 Å². The molecule has 0 aromatic carbocycles. The fourth-order valence-electron chi connectivity index (χ4n) is 1.38. The first-order valence-corrected chi connectivity index (χ1v) is 7.02. The van der Waals surface area contributed by atoms with E-state index in [1.54, 1.807) is 11.3 Å². The molecule has 1 N–H and O–H groups in total. The van der Waals surface area contributed by atoms with Crippen molar-refractivity contribution in [3.8, 4) is 10.7 Å². The average Bonchev–Trinajstić information content (AvgIpc) is 2.85. The lowest BCUT2D eigenvalue weighted by Gasteiger charge is -1.85. The Hall–Kier alpha value is -0.200. The van der Waals surface area contributed by atoms with Crippen LogP contribution in [0, 0.1) is 0 Å². The van der Waals surface area contributed by atoms with E-state index in [0.29, 0.717) is 5.92 Å². The fourth-order valence-corrected chi connectivity index (χ4v) is 3.35. The molecule has 1 fully saturated rings. The van der Waals surface area contributed by atoms with E-state index in [2.05, 4.69) is 47.0 Å². The van der Waals surface area contributed by atoms with Crippen LogP contribution in [0.1, 0.15) is 24.6 Å². The molecular weight excluding hydrogens is 342 g/mol. The van der Waals surface area contributed by atoms with Gasteiger partial charge in [0.2, 0.25) is 0 Å². The van der Waals surface area contributed by atoms with Crippen molar-refractivity contribution in [2.45, 2.75) is 18.8 Å². The molecule has 78 valence electrons. The average molecular weight is 349 g/mol. The first kappa shape index (κ1) is 9.99. The van der Waals surface area contributed by atoms with E-state index in [1.807, 2.05) is 6.07 Å². The van der Waals surface area contributed by atoms with Gasteiger partial charge in [0.05, 0.1) is 8.66 Å².